The fourth-order valence-corrected chi connectivity index (χ4v) is 3.41. The minimum Gasteiger partial charge on any atom is -0.367 e. The summed E-state index contributed by atoms with van der Waals surface area (Å²) in [6.45, 7) is 3.94. The molecule has 2 aromatic rings. The number of nitrogens with one attached hydrogen (secondary N) is 2. The largest absolute Gasteiger partial charge is 0.367 e. The monoisotopic (exact) mass is 352 g/mol. The zero-order valence-electron chi connectivity index (χ0n) is 15.7. The highest BCUT2D eigenvalue weighted by atomic mass is 16.1. The quantitative estimate of drug-likeness (QED) is 0.763. The molecule has 0 atom stereocenters. The lowest BCUT2D eigenvalue weighted by Gasteiger charge is -2.17. The van der Waals surface area contributed by atoms with Gasteiger partial charge in [-0.05, 0) is 43.9 Å². The molecule has 1 heterocycles. The topological polar surface area (TPSA) is 66.9 Å². The lowest BCUT2D eigenvalue weighted by Crippen LogP contribution is -2.21. The number of carbonyl (C=O) groups excluding carboxylic acids is 1. The number of aryl methyl sites for hydroxylation is 2. The Balaban J connectivity index is 1.70. The Morgan fingerprint density at radius 3 is 2.42 bits per heavy atom. The Morgan fingerprint density at radius 2 is 1.77 bits per heavy atom. The molecule has 1 fully saturated rings. The van der Waals surface area contributed by atoms with Crippen LogP contribution in [0.15, 0.2) is 30.3 Å². The second kappa shape index (κ2) is 8.79. The molecule has 1 amide bonds. The first-order valence-electron chi connectivity index (χ1n) is 9.66. The summed E-state index contributed by atoms with van der Waals surface area (Å²) in [4.78, 5) is 21.4. The van der Waals surface area contributed by atoms with Gasteiger partial charge in [0.15, 0.2) is 0 Å². The van der Waals surface area contributed by atoms with Gasteiger partial charge in [0.05, 0.1) is 0 Å². The van der Waals surface area contributed by atoms with Crippen molar-refractivity contribution in [3.8, 4) is 0 Å². The van der Waals surface area contributed by atoms with Gasteiger partial charge in [0.25, 0.3) is 5.91 Å². The Morgan fingerprint density at radius 1 is 1.08 bits per heavy atom. The summed E-state index contributed by atoms with van der Waals surface area (Å²) in [5.41, 5.74) is 2.42. The third kappa shape index (κ3) is 5.04. The van der Waals surface area contributed by atoms with Gasteiger partial charge in [0.1, 0.15) is 17.3 Å². The molecular formula is C21H28N4O. The summed E-state index contributed by atoms with van der Waals surface area (Å²) in [5.74, 6) is 1.15. The van der Waals surface area contributed by atoms with Crippen molar-refractivity contribution < 1.29 is 4.79 Å². The van der Waals surface area contributed by atoms with E-state index in [1.54, 1.807) is 6.07 Å². The SMILES string of the molecule is CCc1ccc(NC(=O)c2cc(NC3CCCCCC3)nc(C)n2)cc1. The second-order valence-corrected chi connectivity index (χ2v) is 7.02. The van der Waals surface area contributed by atoms with Crippen molar-refractivity contribution >= 4 is 17.4 Å². The van der Waals surface area contributed by atoms with Crippen LogP contribution in [0.1, 0.15) is 67.3 Å². The molecule has 0 aliphatic heterocycles. The molecule has 2 N–H and O–H groups in total. The number of anilines is 2. The molecule has 1 aromatic carbocycles. The first-order chi connectivity index (χ1) is 12.6. The number of rotatable bonds is 5. The van der Waals surface area contributed by atoms with Gasteiger partial charge >= 0.3 is 0 Å². The smallest absolute Gasteiger partial charge is 0.274 e. The summed E-state index contributed by atoms with van der Waals surface area (Å²) < 4.78 is 0. The zero-order chi connectivity index (χ0) is 18.4. The van der Waals surface area contributed by atoms with E-state index in [1.165, 1.54) is 31.2 Å². The van der Waals surface area contributed by atoms with Gasteiger partial charge in [-0.1, -0.05) is 44.7 Å². The summed E-state index contributed by atoms with van der Waals surface area (Å²) in [6.07, 6.45) is 8.43. The Bertz CT molecular complexity index is 734. The minimum absolute atomic E-state index is 0.205. The van der Waals surface area contributed by atoms with Gasteiger partial charge in [0, 0.05) is 17.8 Å². The van der Waals surface area contributed by atoms with E-state index in [-0.39, 0.29) is 5.91 Å². The second-order valence-electron chi connectivity index (χ2n) is 7.02. The van der Waals surface area contributed by atoms with E-state index < -0.39 is 0 Å². The van der Waals surface area contributed by atoms with Crippen LogP contribution in [0.2, 0.25) is 0 Å². The lowest BCUT2D eigenvalue weighted by atomic mass is 10.1. The Kier molecular flexibility index (Phi) is 6.21. The van der Waals surface area contributed by atoms with Crippen LogP contribution in [0, 0.1) is 6.92 Å². The molecule has 1 aliphatic rings. The molecule has 0 radical (unpaired) electrons. The van der Waals surface area contributed by atoms with E-state index in [4.69, 9.17) is 0 Å². The average Bonchev–Trinajstić information content (AvgIpc) is 2.90. The number of hydrogen-bond acceptors (Lipinski definition) is 4. The van der Waals surface area contributed by atoms with Gasteiger partial charge in [0.2, 0.25) is 0 Å². The van der Waals surface area contributed by atoms with Gasteiger partial charge in [-0.15, -0.1) is 0 Å². The van der Waals surface area contributed by atoms with E-state index in [1.807, 2.05) is 31.2 Å². The van der Waals surface area contributed by atoms with Crippen LogP contribution in [0.5, 0.6) is 0 Å². The van der Waals surface area contributed by atoms with E-state index in [0.29, 0.717) is 17.6 Å². The summed E-state index contributed by atoms with van der Waals surface area (Å²) >= 11 is 0. The van der Waals surface area contributed by atoms with Crippen molar-refractivity contribution in [2.45, 2.75) is 64.8 Å². The van der Waals surface area contributed by atoms with Gasteiger partial charge in [-0.2, -0.15) is 0 Å². The van der Waals surface area contributed by atoms with E-state index >= 15 is 0 Å². The predicted octanol–water partition coefficient (Wildman–Crippen LogP) is 4.73. The molecule has 1 saturated carbocycles. The maximum atomic E-state index is 12.6. The first kappa shape index (κ1) is 18.4. The standard InChI is InChI=1S/C21H28N4O/c1-3-16-10-12-18(13-11-16)25-21(26)19-14-20(23-15(2)22-19)24-17-8-6-4-5-7-9-17/h10-14,17H,3-9H2,1-2H3,(H,25,26)(H,22,23,24). The Hall–Kier alpha value is -2.43. The van der Waals surface area contributed by atoms with Crippen LogP contribution in [0.4, 0.5) is 11.5 Å². The molecule has 0 bridgehead atoms. The molecule has 138 valence electrons. The van der Waals surface area contributed by atoms with Crippen LogP contribution < -0.4 is 10.6 Å². The van der Waals surface area contributed by atoms with Gasteiger partial charge in [-0.25, -0.2) is 9.97 Å². The number of carbonyl (C=O) groups is 1. The van der Waals surface area contributed by atoms with Crippen molar-refractivity contribution in [1.29, 1.82) is 0 Å². The number of amides is 1. The molecule has 26 heavy (non-hydrogen) atoms. The fraction of sp³-hybridized carbons (Fsp3) is 0.476. The van der Waals surface area contributed by atoms with Crippen LogP contribution >= 0.6 is 0 Å². The number of nitrogens with zero attached hydrogens (tertiary/aromatic N) is 2. The van der Waals surface area contributed by atoms with Crippen LogP contribution in [-0.4, -0.2) is 21.9 Å². The molecule has 1 aliphatic carbocycles. The maximum absolute atomic E-state index is 12.6. The lowest BCUT2D eigenvalue weighted by molar-refractivity contribution is 0.102. The van der Waals surface area contributed by atoms with E-state index in [0.717, 1.165) is 30.8 Å². The van der Waals surface area contributed by atoms with Crippen molar-refractivity contribution in [3.05, 3.63) is 47.4 Å². The van der Waals surface area contributed by atoms with Gasteiger partial charge in [-0.3, -0.25) is 4.79 Å². The Labute approximate surface area is 155 Å². The van der Waals surface area contributed by atoms with E-state index in [2.05, 4.69) is 27.5 Å². The maximum Gasteiger partial charge on any atom is 0.274 e. The fourth-order valence-electron chi connectivity index (χ4n) is 3.41. The zero-order valence-corrected chi connectivity index (χ0v) is 15.7. The number of benzene rings is 1. The summed E-state index contributed by atoms with van der Waals surface area (Å²) in [6, 6.07) is 10.1. The predicted molar refractivity (Wildman–Crippen MR) is 106 cm³/mol. The average molecular weight is 352 g/mol. The normalized spacial score (nSPS) is 15.3. The highest BCUT2D eigenvalue weighted by molar-refractivity contribution is 6.03. The molecule has 5 nitrogen and oxygen atoms in total. The third-order valence-corrected chi connectivity index (χ3v) is 4.90. The molecule has 1 aromatic heterocycles. The number of aromatic nitrogens is 2. The minimum atomic E-state index is -0.205. The van der Waals surface area contributed by atoms with Crippen LogP contribution in [0.25, 0.3) is 0 Å². The molecule has 3 rings (SSSR count). The highest BCUT2D eigenvalue weighted by Gasteiger charge is 2.15. The molecular weight excluding hydrogens is 324 g/mol. The molecule has 0 saturated heterocycles. The molecule has 0 spiro atoms. The third-order valence-electron chi connectivity index (χ3n) is 4.90. The van der Waals surface area contributed by atoms with E-state index in [9.17, 15) is 4.79 Å². The molecule has 0 unspecified atom stereocenters. The van der Waals surface area contributed by atoms with Crippen molar-refractivity contribution in [2.75, 3.05) is 10.6 Å². The summed E-state index contributed by atoms with van der Waals surface area (Å²) in [7, 11) is 0. The van der Waals surface area contributed by atoms with Crippen LogP contribution in [0.3, 0.4) is 0 Å². The van der Waals surface area contributed by atoms with Crippen LogP contribution in [-0.2, 0) is 6.42 Å². The number of hydrogen-bond donors (Lipinski definition) is 2. The van der Waals surface area contributed by atoms with Crippen molar-refractivity contribution in [3.63, 3.8) is 0 Å². The highest BCUT2D eigenvalue weighted by Crippen LogP contribution is 2.21. The van der Waals surface area contributed by atoms with Crippen molar-refractivity contribution in [1.82, 2.24) is 9.97 Å². The summed E-state index contributed by atoms with van der Waals surface area (Å²) in [5, 5.41) is 6.43. The van der Waals surface area contributed by atoms with Crippen molar-refractivity contribution in [2.24, 2.45) is 0 Å². The molecule has 5 heteroatoms. The van der Waals surface area contributed by atoms with Gasteiger partial charge < -0.3 is 10.6 Å². The first-order valence-corrected chi connectivity index (χ1v) is 9.66.